The third-order valence-corrected chi connectivity index (χ3v) is 2.23. The van der Waals surface area contributed by atoms with Crippen LogP contribution < -0.4 is 11.5 Å². The van der Waals surface area contributed by atoms with Gasteiger partial charge in [-0.15, -0.1) is 24.8 Å². The van der Waals surface area contributed by atoms with E-state index in [4.69, 9.17) is 11.5 Å². The maximum Gasteiger partial charge on any atom is 0.103 e. The highest BCUT2D eigenvalue weighted by molar-refractivity contribution is 5.85. The topological polar surface area (TPSA) is 52.0 Å². The molecular weight excluding hydrogens is 233 g/mol. The minimum absolute atomic E-state index is 0. The molecule has 2 nitrogen and oxygen atoms in total. The van der Waals surface area contributed by atoms with Crippen LogP contribution in [0.4, 0.5) is 8.78 Å². The van der Waals surface area contributed by atoms with Crippen LogP contribution >= 0.6 is 24.8 Å². The number of alkyl halides is 2. The zero-order valence-electron chi connectivity index (χ0n) is 7.86. The van der Waals surface area contributed by atoms with E-state index in [1.807, 2.05) is 0 Å². The van der Waals surface area contributed by atoms with Crippen LogP contribution in [0.25, 0.3) is 0 Å². The Labute approximate surface area is 95.6 Å². The van der Waals surface area contributed by atoms with E-state index in [-0.39, 0.29) is 36.9 Å². The van der Waals surface area contributed by atoms with E-state index in [1.54, 1.807) is 0 Å². The molecule has 2 rings (SSSR count). The van der Waals surface area contributed by atoms with Gasteiger partial charge in [-0.25, -0.2) is 8.78 Å². The van der Waals surface area contributed by atoms with Crippen LogP contribution in [0.5, 0.6) is 0 Å². The van der Waals surface area contributed by atoms with Crippen LogP contribution in [-0.2, 0) is 0 Å². The van der Waals surface area contributed by atoms with Gasteiger partial charge in [0.25, 0.3) is 0 Å². The van der Waals surface area contributed by atoms with Gasteiger partial charge in [-0.05, 0) is 25.7 Å². The molecule has 0 radical (unpaired) electrons. The summed E-state index contributed by atoms with van der Waals surface area (Å²) in [6.45, 7) is 0. The average Bonchev–Trinajstić information content (AvgIpc) is 1.84. The van der Waals surface area contributed by atoms with Crippen molar-refractivity contribution in [3.8, 4) is 0 Å². The van der Waals surface area contributed by atoms with E-state index in [1.165, 1.54) is 0 Å². The molecule has 88 valence electrons. The van der Waals surface area contributed by atoms with Crippen molar-refractivity contribution in [2.45, 2.75) is 50.1 Å². The largest absolute Gasteiger partial charge is 0.327 e. The molecule has 0 aromatic rings. The second-order valence-corrected chi connectivity index (χ2v) is 3.66. The Hall–Kier alpha value is 0.360. The van der Waals surface area contributed by atoms with Crippen molar-refractivity contribution in [2.75, 3.05) is 0 Å². The minimum atomic E-state index is -0.583. The van der Waals surface area contributed by atoms with Gasteiger partial charge in [0.2, 0.25) is 0 Å². The van der Waals surface area contributed by atoms with Gasteiger partial charge < -0.3 is 11.5 Å². The molecule has 0 aromatic carbocycles. The van der Waals surface area contributed by atoms with Gasteiger partial charge >= 0.3 is 0 Å². The van der Waals surface area contributed by atoms with Crippen molar-refractivity contribution in [1.29, 1.82) is 0 Å². The first-order valence-corrected chi connectivity index (χ1v) is 4.37. The van der Waals surface area contributed by atoms with Gasteiger partial charge in [-0.2, -0.15) is 0 Å². The first kappa shape index (κ1) is 16.8. The Morgan fingerprint density at radius 1 is 0.714 bits per heavy atom. The van der Waals surface area contributed by atoms with E-state index < -0.39 is 12.3 Å². The van der Waals surface area contributed by atoms with Gasteiger partial charge in [0.05, 0.1) is 0 Å². The molecule has 6 heteroatoms. The zero-order chi connectivity index (χ0) is 9.14. The van der Waals surface area contributed by atoms with Crippen molar-refractivity contribution in [3.63, 3.8) is 0 Å². The van der Waals surface area contributed by atoms with Gasteiger partial charge in [0.15, 0.2) is 0 Å². The fourth-order valence-corrected chi connectivity index (χ4v) is 1.18. The highest BCUT2D eigenvalue weighted by atomic mass is 35.5. The van der Waals surface area contributed by atoms with E-state index in [2.05, 4.69) is 0 Å². The Morgan fingerprint density at radius 2 is 0.929 bits per heavy atom. The molecule has 0 amide bonds. The summed E-state index contributed by atoms with van der Waals surface area (Å²) in [7, 11) is 0. The first-order valence-electron chi connectivity index (χ1n) is 4.37. The van der Waals surface area contributed by atoms with Crippen LogP contribution in [0.15, 0.2) is 0 Å². The van der Waals surface area contributed by atoms with E-state index >= 15 is 0 Å². The van der Waals surface area contributed by atoms with Crippen LogP contribution in [-0.4, -0.2) is 24.4 Å². The average molecular weight is 251 g/mol. The molecule has 0 atom stereocenters. The van der Waals surface area contributed by atoms with Crippen LogP contribution in [0.1, 0.15) is 25.7 Å². The summed E-state index contributed by atoms with van der Waals surface area (Å²) in [5, 5.41) is 0. The number of hydrogen-bond donors (Lipinski definition) is 2. The van der Waals surface area contributed by atoms with Crippen molar-refractivity contribution in [1.82, 2.24) is 0 Å². The first-order chi connectivity index (χ1) is 5.58. The maximum absolute atomic E-state index is 11.7. The Kier molecular flexibility index (Phi) is 9.14. The molecule has 0 aromatic heterocycles. The van der Waals surface area contributed by atoms with Crippen molar-refractivity contribution >= 4 is 24.8 Å². The number of halogens is 4. The standard InChI is InChI=1S/2C4H8FN.2ClH/c2*5-3-1-4(6)2-3;;/h2*3-4H,1-2,6H2;2*1H. The highest BCUT2D eigenvalue weighted by Crippen LogP contribution is 2.20. The number of hydrogen-bond acceptors (Lipinski definition) is 2. The van der Waals surface area contributed by atoms with Gasteiger partial charge in [0, 0.05) is 12.1 Å². The normalized spacial score (nSPS) is 38.6. The molecule has 4 N–H and O–H groups in total. The summed E-state index contributed by atoms with van der Waals surface area (Å²) in [6, 6.07) is 0.333. The Balaban J connectivity index is 0. The van der Waals surface area contributed by atoms with E-state index in [9.17, 15) is 8.78 Å². The number of rotatable bonds is 0. The Morgan fingerprint density at radius 3 is 0.929 bits per heavy atom. The zero-order valence-corrected chi connectivity index (χ0v) is 9.50. The third-order valence-electron chi connectivity index (χ3n) is 2.23. The predicted octanol–water partition coefficient (Wildman–Crippen LogP) is 1.73. The molecule has 0 unspecified atom stereocenters. The van der Waals surface area contributed by atoms with E-state index in [0.717, 1.165) is 0 Å². The fraction of sp³-hybridized carbons (Fsp3) is 1.00. The molecule has 0 spiro atoms. The number of nitrogens with two attached hydrogens (primary N) is 2. The summed E-state index contributed by atoms with van der Waals surface area (Å²) in [5.74, 6) is 0. The molecular formula is C8H18Cl2F2N2. The smallest absolute Gasteiger partial charge is 0.103 e. The quantitative estimate of drug-likeness (QED) is 0.689. The van der Waals surface area contributed by atoms with Crippen LogP contribution in [0, 0.1) is 0 Å². The SMILES string of the molecule is Cl.Cl.NC1CC(F)C1.NC1CC(F)C1. The summed E-state index contributed by atoms with van der Waals surface area (Å²) < 4.78 is 23.4. The lowest BCUT2D eigenvalue weighted by Gasteiger charge is -2.24. The fourth-order valence-electron chi connectivity index (χ4n) is 1.18. The lowest BCUT2D eigenvalue weighted by molar-refractivity contribution is 0.181. The van der Waals surface area contributed by atoms with Crippen molar-refractivity contribution in [3.05, 3.63) is 0 Å². The molecule has 0 heterocycles. The molecule has 0 bridgehead atoms. The minimum Gasteiger partial charge on any atom is -0.327 e. The molecule has 2 aliphatic rings. The highest BCUT2D eigenvalue weighted by Gasteiger charge is 2.24. The summed E-state index contributed by atoms with van der Waals surface area (Å²) >= 11 is 0. The molecule has 2 fully saturated rings. The molecule has 2 saturated carbocycles. The monoisotopic (exact) mass is 250 g/mol. The molecule has 0 aliphatic heterocycles. The van der Waals surface area contributed by atoms with Crippen molar-refractivity contribution in [2.24, 2.45) is 11.5 Å². The summed E-state index contributed by atoms with van der Waals surface area (Å²) in [5.41, 5.74) is 10.5. The van der Waals surface area contributed by atoms with Gasteiger partial charge in [-0.1, -0.05) is 0 Å². The lowest BCUT2D eigenvalue weighted by Crippen LogP contribution is -2.37. The predicted molar refractivity (Wildman–Crippen MR) is 58.7 cm³/mol. The molecule has 0 saturated heterocycles. The second kappa shape index (κ2) is 7.63. The van der Waals surface area contributed by atoms with Gasteiger partial charge in [-0.3, -0.25) is 0 Å². The maximum atomic E-state index is 11.7. The third kappa shape index (κ3) is 5.96. The van der Waals surface area contributed by atoms with Crippen LogP contribution in [0.3, 0.4) is 0 Å². The van der Waals surface area contributed by atoms with Crippen molar-refractivity contribution < 1.29 is 8.78 Å². The Bertz CT molecular complexity index is 111. The molecule has 14 heavy (non-hydrogen) atoms. The van der Waals surface area contributed by atoms with Gasteiger partial charge in [0.1, 0.15) is 12.3 Å². The molecule has 2 aliphatic carbocycles. The lowest BCUT2D eigenvalue weighted by atomic mass is 9.92. The van der Waals surface area contributed by atoms with Crippen LogP contribution in [0.2, 0.25) is 0 Å². The second-order valence-electron chi connectivity index (χ2n) is 3.66. The summed E-state index contributed by atoms with van der Waals surface area (Å²) in [4.78, 5) is 0. The summed E-state index contributed by atoms with van der Waals surface area (Å²) in [6.07, 6.45) is 1.17. The van der Waals surface area contributed by atoms with E-state index in [0.29, 0.717) is 25.7 Å².